The normalized spacial score (nSPS) is 11.8. The molecule has 0 aliphatic heterocycles. The van der Waals surface area contributed by atoms with Gasteiger partial charge in [0.25, 0.3) is 0 Å². The minimum atomic E-state index is -1.39. The molecule has 0 spiro atoms. The summed E-state index contributed by atoms with van der Waals surface area (Å²) in [4.78, 5) is 9.83. The Morgan fingerprint density at radius 1 is 1.80 bits per heavy atom. The Morgan fingerprint density at radius 3 is 2.60 bits per heavy atom. The van der Waals surface area contributed by atoms with Gasteiger partial charge >= 0.3 is 17.1 Å². The van der Waals surface area contributed by atoms with Gasteiger partial charge < -0.3 is 15.0 Å². The smallest absolute Gasteiger partial charge is 0.547 e. The molecule has 10 heavy (non-hydrogen) atoms. The maximum absolute atomic E-state index is 9.83. The zero-order valence-electron chi connectivity index (χ0n) is 5.47. The van der Waals surface area contributed by atoms with Gasteiger partial charge in [0, 0.05) is 0 Å². The standard InChI is InChI=1S/C5H10O3S.Cu/c1-9-3-2-4(6)5(7)8;/h4,6H,2-3H2,1H3,(H,7,8);/q;+1/p-1/t4-;/m0./s1. The van der Waals surface area contributed by atoms with Gasteiger partial charge in [-0.3, -0.25) is 0 Å². The summed E-state index contributed by atoms with van der Waals surface area (Å²) in [6, 6.07) is 0. The Labute approximate surface area is 74.7 Å². The van der Waals surface area contributed by atoms with Crippen molar-refractivity contribution in [2.75, 3.05) is 12.0 Å². The third-order valence-corrected chi connectivity index (χ3v) is 1.51. The van der Waals surface area contributed by atoms with Crippen molar-refractivity contribution in [3.8, 4) is 0 Å². The van der Waals surface area contributed by atoms with Crippen LogP contribution in [-0.4, -0.2) is 29.2 Å². The fraction of sp³-hybridized carbons (Fsp3) is 0.800. The van der Waals surface area contributed by atoms with Crippen LogP contribution in [0.1, 0.15) is 6.42 Å². The number of aliphatic hydroxyl groups excluding tert-OH is 1. The van der Waals surface area contributed by atoms with Gasteiger partial charge in [-0.2, -0.15) is 11.8 Å². The molecule has 64 valence electrons. The molecule has 0 bridgehead atoms. The SMILES string of the molecule is CSCC[C@H](O)C(=O)[O-].[Cu+]. The van der Waals surface area contributed by atoms with E-state index in [9.17, 15) is 9.90 Å². The molecule has 0 aliphatic carbocycles. The van der Waals surface area contributed by atoms with Crippen molar-refractivity contribution in [2.45, 2.75) is 12.5 Å². The first-order valence-corrected chi connectivity index (χ1v) is 3.95. The van der Waals surface area contributed by atoms with Crippen LogP contribution in [0.2, 0.25) is 0 Å². The van der Waals surface area contributed by atoms with Crippen LogP contribution in [0.5, 0.6) is 0 Å². The number of carbonyl (C=O) groups excluding carboxylic acids is 1. The van der Waals surface area contributed by atoms with Crippen LogP contribution in [-0.2, 0) is 21.9 Å². The molecule has 0 aromatic rings. The number of carboxylic acid groups (broad SMARTS) is 1. The van der Waals surface area contributed by atoms with E-state index in [-0.39, 0.29) is 23.5 Å². The Hall–Kier alpha value is 0.299. The van der Waals surface area contributed by atoms with E-state index >= 15 is 0 Å². The number of hydrogen-bond acceptors (Lipinski definition) is 4. The molecule has 0 heterocycles. The summed E-state index contributed by atoms with van der Waals surface area (Å²) in [5, 5.41) is 18.4. The maximum Gasteiger partial charge on any atom is 1.00 e. The second-order valence-corrected chi connectivity index (χ2v) is 2.60. The van der Waals surface area contributed by atoms with Crippen LogP contribution in [0.15, 0.2) is 0 Å². The third kappa shape index (κ3) is 6.42. The molecule has 0 rings (SSSR count). The Balaban J connectivity index is 0. The molecule has 1 atom stereocenters. The quantitative estimate of drug-likeness (QED) is 0.598. The van der Waals surface area contributed by atoms with Gasteiger partial charge in [-0.25, -0.2) is 0 Å². The average Bonchev–Trinajstić information content (AvgIpc) is 1.82. The number of thioether (sulfide) groups is 1. The average molecular weight is 213 g/mol. The van der Waals surface area contributed by atoms with Gasteiger partial charge in [-0.05, 0) is 18.4 Å². The second-order valence-electron chi connectivity index (χ2n) is 1.62. The molecule has 0 saturated carbocycles. The molecule has 0 aliphatic rings. The summed E-state index contributed by atoms with van der Waals surface area (Å²) in [5.74, 6) is -0.737. The number of carbonyl (C=O) groups is 1. The van der Waals surface area contributed by atoms with Crippen molar-refractivity contribution in [3.05, 3.63) is 0 Å². The maximum atomic E-state index is 9.83. The number of aliphatic carboxylic acids is 1. The van der Waals surface area contributed by atoms with Crippen LogP contribution < -0.4 is 5.11 Å². The number of aliphatic hydroxyl groups is 1. The molecule has 0 saturated heterocycles. The Kier molecular flexibility index (Phi) is 9.58. The van der Waals surface area contributed by atoms with E-state index in [0.717, 1.165) is 0 Å². The molecular weight excluding hydrogens is 204 g/mol. The number of carboxylic acids is 1. The minimum Gasteiger partial charge on any atom is -0.547 e. The topological polar surface area (TPSA) is 60.4 Å². The van der Waals surface area contributed by atoms with Gasteiger partial charge in [0.2, 0.25) is 0 Å². The summed E-state index contributed by atoms with van der Waals surface area (Å²) in [7, 11) is 0. The van der Waals surface area contributed by atoms with Gasteiger partial charge in [0.05, 0.1) is 12.1 Å². The molecule has 3 nitrogen and oxygen atoms in total. The molecule has 0 fully saturated rings. The van der Waals surface area contributed by atoms with Gasteiger partial charge in [-0.15, -0.1) is 0 Å². The van der Waals surface area contributed by atoms with Gasteiger partial charge in [-0.1, -0.05) is 0 Å². The van der Waals surface area contributed by atoms with Crippen LogP contribution >= 0.6 is 11.8 Å². The van der Waals surface area contributed by atoms with Crippen molar-refractivity contribution in [2.24, 2.45) is 0 Å². The van der Waals surface area contributed by atoms with Gasteiger partial charge in [0.1, 0.15) is 0 Å². The van der Waals surface area contributed by atoms with Crippen molar-refractivity contribution in [3.63, 3.8) is 0 Å². The van der Waals surface area contributed by atoms with Crippen LogP contribution in [0.4, 0.5) is 0 Å². The molecular formula is C5H9CuO3S. The molecule has 0 aromatic carbocycles. The summed E-state index contributed by atoms with van der Waals surface area (Å²) in [6.45, 7) is 0. The zero-order chi connectivity index (χ0) is 7.28. The van der Waals surface area contributed by atoms with Crippen LogP contribution in [0.25, 0.3) is 0 Å². The van der Waals surface area contributed by atoms with E-state index in [1.807, 2.05) is 6.26 Å². The summed E-state index contributed by atoms with van der Waals surface area (Å²) >= 11 is 1.50. The first-order valence-electron chi connectivity index (χ1n) is 2.56. The fourth-order valence-corrected chi connectivity index (χ4v) is 0.806. The van der Waals surface area contributed by atoms with E-state index in [4.69, 9.17) is 5.11 Å². The first-order chi connectivity index (χ1) is 4.18. The van der Waals surface area contributed by atoms with Crippen molar-refractivity contribution in [1.29, 1.82) is 0 Å². The molecule has 0 aromatic heterocycles. The predicted molar refractivity (Wildman–Crippen MR) is 34.0 cm³/mol. The monoisotopic (exact) mass is 212 g/mol. The van der Waals surface area contributed by atoms with Crippen LogP contribution in [0.3, 0.4) is 0 Å². The van der Waals surface area contributed by atoms with E-state index in [1.54, 1.807) is 0 Å². The summed E-state index contributed by atoms with van der Waals surface area (Å²) in [5.41, 5.74) is 0. The predicted octanol–water partition coefficient (Wildman–Crippen LogP) is -1.15. The Bertz CT molecular complexity index is 98.9. The molecule has 0 unspecified atom stereocenters. The number of rotatable bonds is 4. The Morgan fingerprint density at radius 2 is 2.30 bits per heavy atom. The number of hydrogen-bond donors (Lipinski definition) is 1. The molecule has 0 radical (unpaired) electrons. The molecule has 1 N–H and O–H groups in total. The van der Waals surface area contributed by atoms with E-state index in [2.05, 4.69) is 0 Å². The van der Waals surface area contributed by atoms with Gasteiger partial charge in [0.15, 0.2) is 0 Å². The van der Waals surface area contributed by atoms with E-state index in [0.29, 0.717) is 5.75 Å². The summed E-state index contributed by atoms with van der Waals surface area (Å²) < 4.78 is 0. The third-order valence-electron chi connectivity index (χ3n) is 0.867. The molecule has 5 heteroatoms. The second kappa shape index (κ2) is 7.41. The summed E-state index contributed by atoms with van der Waals surface area (Å²) in [6.07, 6.45) is 0.823. The van der Waals surface area contributed by atoms with E-state index < -0.39 is 12.1 Å². The minimum absolute atomic E-state index is 0. The van der Waals surface area contributed by atoms with Crippen molar-refractivity contribution >= 4 is 17.7 Å². The zero-order valence-corrected chi connectivity index (χ0v) is 7.22. The molecule has 0 amide bonds. The van der Waals surface area contributed by atoms with Crippen LogP contribution in [0, 0.1) is 0 Å². The van der Waals surface area contributed by atoms with E-state index in [1.165, 1.54) is 11.8 Å². The first kappa shape index (κ1) is 12.9. The van der Waals surface area contributed by atoms with Crippen molar-refractivity contribution in [1.82, 2.24) is 0 Å². The van der Waals surface area contributed by atoms with Crippen molar-refractivity contribution < 1.29 is 32.1 Å². The largest absolute Gasteiger partial charge is 1.00 e. The fourth-order valence-electron chi connectivity index (χ4n) is 0.347.